The largest absolute Gasteiger partial charge is 0.493 e. The Balaban J connectivity index is 2.17. The van der Waals surface area contributed by atoms with Crippen molar-refractivity contribution in [2.75, 3.05) is 20.8 Å². The maximum absolute atomic E-state index is 12.6. The average Bonchev–Trinajstić information content (AvgIpc) is 2.71. The molecule has 156 valence electrons. The normalized spacial score (nSPS) is 11.7. The third-order valence-electron chi connectivity index (χ3n) is 4.25. The second-order valence-corrected chi connectivity index (χ2v) is 6.95. The summed E-state index contributed by atoms with van der Waals surface area (Å²) in [4.78, 5) is 23.2. The lowest BCUT2D eigenvalue weighted by atomic mass is 10.1. The van der Waals surface area contributed by atoms with Gasteiger partial charge in [0.25, 0.3) is 5.91 Å². The molecule has 0 aliphatic heterocycles. The number of nitro benzene ring substituents is 1. The molecule has 1 atom stereocenters. The summed E-state index contributed by atoms with van der Waals surface area (Å²) in [5, 5.41) is 14.0. The van der Waals surface area contributed by atoms with Crippen LogP contribution in [-0.4, -0.2) is 31.7 Å². The van der Waals surface area contributed by atoms with Crippen molar-refractivity contribution in [3.05, 3.63) is 57.6 Å². The van der Waals surface area contributed by atoms with Crippen molar-refractivity contribution in [2.45, 2.75) is 26.8 Å². The van der Waals surface area contributed by atoms with Gasteiger partial charge in [0.1, 0.15) is 0 Å². The van der Waals surface area contributed by atoms with E-state index >= 15 is 0 Å². The van der Waals surface area contributed by atoms with Crippen molar-refractivity contribution >= 4 is 11.6 Å². The van der Waals surface area contributed by atoms with Crippen LogP contribution in [0.5, 0.6) is 17.2 Å². The van der Waals surface area contributed by atoms with Crippen LogP contribution in [0, 0.1) is 16.0 Å². The SMILES string of the molecule is COc1cc(C(C)NC(=O)c2ccc(OC)c([N+](=O)[O-])c2)ccc1OCC(C)C. The van der Waals surface area contributed by atoms with Gasteiger partial charge >= 0.3 is 5.69 Å². The molecule has 0 spiro atoms. The molecule has 1 unspecified atom stereocenters. The van der Waals surface area contributed by atoms with Crippen LogP contribution >= 0.6 is 0 Å². The highest BCUT2D eigenvalue weighted by molar-refractivity contribution is 5.95. The van der Waals surface area contributed by atoms with Crippen molar-refractivity contribution in [3.8, 4) is 17.2 Å². The van der Waals surface area contributed by atoms with Gasteiger partial charge in [-0.05, 0) is 42.7 Å². The van der Waals surface area contributed by atoms with Gasteiger partial charge in [-0.15, -0.1) is 0 Å². The van der Waals surface area contributed by atoms with Crippen molar-refractivity contribution in [3.63, 3.8) is 0 Å². The van der Waals surface area contributed by atoms with E-state index in [-0.39, 0.29) is 23.0 Å². The smallest absolute Gasteiger partial charge is 0.311 e. The summed E-state index contributed by atoms with van der Waals surface area (Å²) in [6, 6.07) is 9.19. The number of hydrogen-bond acceptors (Lipinski definition) is 6. The van der Waals surface area contributed by atoms with Crippen LogP contribution in [0.3, 0.4) is 0 Å². The second-order valence-electron chi connectivity index (χ2n) is 6.95. The van der Waals surface area contributed by atoms with Gasteiger partial charge in [-0.1, -0.05) is 19.9 Å². The standard InChI is InChI=1S/C21H26N2O6/c1-13(2)12-29-19-9-6-15(11-20(19)28-5)14(3)22-21(24)16-7-8-18(27-4)17(10-16)23(25)26/h6-11,13-14H,12H2,1-5H3,(H,22,24). The van der Waals surface area contributed by atoms with E-state index in [0.717, 1.165) is 5.56 Å². The number of amides is 1. The van der Waals surface area contributed by atoms with Gasteiger partial charge in [0, 0.05) is 11.6 Å². The van der Waals surface area contributed by atoms with E-state index < -0.39 is 10.8 Å². The highest BCUT2D eigenvalue weighted by Crippen LogP contribution is 2.31. The van der Waals surface area contributed by atoms with Crippen LogP contribution in [0.25, 0.3) is 0 Å². The summed E-state index contributed by atoms with van der Waals surface area (Å²) in [6.07, 6.45) is 0. The van der Waals surface area contributed by atoms with Crippen LogP contribution in [-0.2, 0) is 0 Å². The highest BCUT2D eigenvalue weighted by atomic mass is 16.6. The molecule has 2 aromatic carbocycles. The molecule has 8 nitrogen and oxygen atoms in total. The number of benzene rings is 2. The summed E-state index contributed by atoms with van der Waals surface area (Å²) in [5.74, 6) is 1.26. The number of hydrogen-bond donors (Lipinski definition) is 1. The van der Waals surface area contributed by atoms with Crippen molar-refractivity contribution < 1.29 is 23.9 Å². The molecule has 0 saturated heterocycles. The lowest BCUT2D eigenvalue weighted by Gasteiger charge is -2.18. The monoisotopic (exact) mass is 402 g/mol. The summed E-state index contributed by atoms with van der Waals surface area (Å²) >= 11 is 0. The Labute approximate surface area is 169 Å². The molecule has 2 aromatic rings. The number of nitro groups is 1. The van der Waals surface area contributed by atoms with Gasteiger partial charge in [-0.3, -0.25) is 14.9 Å². The van der Waals surface area contributed by atoms with Crippen molar-refractivity contribution in [2.24, 2.45) is 5.92 Å². The predicted molar refractivity (Wildman–Crippen MR) is 109 cm³/mol. The number of rotatable bonds is 9. The molecule has 0 aliphatic rings. The summed E-state index contributed by atoms with van der Waals surface area (Å²) in [6.45, 7) is 6.50. The molecule has 0 aliphatic carbocycles. The molecule has 0 saturated carbocycles. The molecule has 29 heavy (non-hydrogen) atoms. The van der Waals surface area contributed by atoms with E-state index in [2.05, 4.69) is 19.2 Å². The molecule has 2 rings (SSSR count). The van der Waals surface area contributed by atoms with Crippen LogP contribution in [0.4, 0.5) is 5.69 Å². The first-order valence-corrected chi connectivity index (χ1v) is 9.20. The van der Waals surface area contributed by atoms with Crippen LogP contribution < -0.4 is 19.5 Å². The molecule has 8 heteroatoms. The van der Waals surface area contributed by atoms with Crippen molar-refractivity contribution in [1.29, 1.82) is 0 Å². The number of carbonyl (C=O) groups excluding carboxylic acids is 1. The number of carbonyl (C=O) groups is 1. The van der Waals surface area contributed by atoms with Gasteiger partial charge < -0.3 is 19.5 Å². The zero-order chi connectivity index (χ0) is 21.6. The summed E-state index contributed by atoms with van der Waals surface area (Å²) in [7, 11) is 2.90. The van der Waals surface area contributed by atoms with Crippen LogP contribution in [0.2, 0.25) is 0 Å². The Kier molecular flexibility index (Phi) is 7.41. The molecular formula is C21H26N2O6. The minimum Gasteiger partial charge on any atom is -0.493 e. The Morgan fingerprint density at radius 2 is 1.69 bits per heavy atom. The van der Waals surface area contributed by atoms with Crippen molar-refractivity contribution in [1.82, 2.24) is 5.32 Å². The van der Waals surface area contributed by atoms with Gasteiger partial charge in [0.2, 0.25) is 0 Å². The quantitative estimate of drug-likeness (QED) is 0.500. The molecular weight excluding hydrogens is 376 g/mol. The first-order valence-electron chi connectivity index (χ1n) is 9.20. The average molecular weight is 402 g/mol. The molecule has 0 aromatic heterocycles. The Morgan fingerprint density at radius 1 is 1.03 bits per heavy atom. The number of nitrogens with one attached hydrogen (secondary N) is 1. The van der Waals surface area contributed by atoms with Crippen LogP contribution in [0.15, 0.2) is 36.4 Å². The first-order chi connectivity index (χ1) is 13.8. The number of ether oxygens (including phenoxy) is 3. The maximum atomic E-state index is 12.6. The summed E-state index contributed by atoms with van der Waals surface area (Å²) in [5.41, 5.74) is 0.726. The fourth-order valence-corrected chi connectivity index (χ4v) is 2.67. The Hall–Kier alpha value is -3.29. The highest BCUT2D eigenvalue weighted by Gasteiger charge is 2.20. The van der Waals surface area contributed by atoms with E-state index in [4.69, 9.17) is 14.2 Å². The third-order valence-corrected chi connectivity index (χ3v) is 4.25. The van der Waals surface area contributed by atoms with E-state index in [0.29, 0.717) is 24.0 Å². The molecule has 0 fully saturated rings. The van der Waals surface area contributed by atoms with Gasteiger partial charge in [0.15, 0.2) is 17.2 Å². The number of methoxy groups -OCH3 is 2. The van der Waals surface area contributed by atoms with Gasteiger partial charge in [0.05, 0.1) is 31.8 Å². The topological polar surface area (TPSA) is 99.9 Å². The Morgan fingerprint density at radius 3 is 2.28 bits per heavy atom. The van der Waals surface area contributed by atoms with Gasteiger partial charge in [-0.25, -0.2) is 0 Å². The first kappa shape index (κ1) is 22.0. The molecule has 0 bridgehead atoms. The van der Waals surface area contributed by atoms with E-state index in [1.807, 2.05) is 13.0 Å². The molecule has 1 amide bonds. The fraction of sp³-hybridized carbons (Fsp3) is 0.381. The van der Waals surface area contributed by atoms with E-state index in [1.165, 1.54) is 25.3 Å². The zero-order valence-corrected chi connectivity index (χ0v) is 17.2. The van der Waals surface area contributed by atoms with Gasteiger partial charge in [-0.2, -0.15) is 0 Å². The van der Waals surface area contributed by atoms with E-state index in [1.54, 1.807) is 19.2 Å². The third kappa shape index (κ3) is 5.60. The lowest BCUT2D eigenvalue weighted by Crippen LogP contribution is -2.26. The molecule has 1 N–H and O–H groups in total. The zero-order valence-electron chi connectivity index (χ0n) is 17.2. The minimum atomic E-state index is -0.584. The predicted octanol–water partition coefficient (Wildman–Crippen LogP) is 4.14. The Bertz CT molecular complexity index is 881. The molecule has 0 radical (unpaired) electrons. The lowest BCUT2D eigenvalue weighted by molar-refractivity contribution is -0.385. The minimum absolute atomic E-state index is 0.0984. The fourth-order valence-electron chi connectivity index (χ4n) is 2.67. The second kappa shape index (κ2) is 9.77. The number of nitrogens with zero attached hydrogens (tertiary/aromatic N) is 1. The summed E-state index contributed by atoms with van der Waals surface area (Å²) < 4.78 is 16.1. The van der Waals surface area contributed by atoms with Crippen LogP contribution in [0.1, 0.15) is 42.7 Å². The molecule has 0 heterocycles. The maximum Gasteiger partial charge on any atom is 0.311 e. The van der Waals surface area contributed by atoms with E-state index in [9.17, 15) is 14.9 Å².